The van der Waals surface area contributed by atoms with Crippen LogP contribution in [0.15, 0.2) is 28.7 Å². The molecule has 4 heteroatoms. The zero-order chi connectivity index (χ0) is 8.97. The number of alkyl halides is 1. The fraction of sp³-hybridized carbons (Fsp3) is 0.125. The lowest BCUT2D eigenvalue weighted by Gasteiger charge is -2.01. The molecule has 0 aromatic heterocycles. The van der Waals surface area contributed by atoms with Gasteiger partial charge in [0.25, 0.3) is 0 Å². The number of halogens is 2. The van der Waals surface area contributed by atoms with E-state index in [-0.39, 0.29) is 5.91 Å². The third-order valence-electron chi connectivity index (χ3n) is 1.25. The predicted molar refractivity (Wildman–Crippen MR) is 61.7 cm³/mol. The third kappa shape index (κ3) is 3.10. The van der Waals surface area contributed by atoms with Crippen molar-refractivity contribution in [2.24, 2.45) is 0 Å². The highest BCUT2D eigenvalue weighted by Gasteiger charge is 1.97. The zero-order valence-corrected chi connectivity index (χ0v) is 9.92. The number of carbonyl (C=O) groups is 1. The normalized spacial score (nSPS) is 9.50. The molecule has 0 saturated carbocycles. The number of amides is 1. The standard InChI is InChI=1S/C8H7BrINO/c9-6-1-3-7(4-2-6)11-8(12)5-10/h1-4H,5H2,(H,11,12). The van der Waals surface area contributed by atoms with Gasteiger partial charge in [-0.2, -0.15) is 0 Å². The number of carbonyl (C=O) groups excluding carboxylic acids is 1. The summed E-state index contributed by atoms with van der Waals surface area (Å²) in [5.74, 6) is 0.0259. The maximum Gasteiger partial charge on any atom is 0.234 e. The van der Waals surface area contributed by atoms with E-state index < -0.39 is 0 Å². The lowest BCUT2D eigenvalue weighted by molar-refractivity contribution is -0.113. The Morgan fingerprint density at radius 3 is 2.50 bits per heavy atom. The lowest BCUT2D eigenvalue weighted by atomic mass is 10.3. The summed E-state index contributed by atoms with van der Waals surface area (Å²) in [6.07, 6.45) is 0. The molecule has 1 amide bonds. The molecular formula is C8H7BrINO. The Kier molecular flexibility index (Phi) is 4.00. The van der Waals surface area contributed by atoms with Crippen LogP contribution in [-0.2, 0) is 4.79 Å². The van der Waals surface area contributed by atoms with Crippen LogP contribution in [0.5, 0.6) is 0 Å². The van der Waals surface area contributed by atoms with Crippen LogP contribution >= 0.6 is 38.5 Å². The Balaban J connectivity index is 2.64. The van der Waals surface area contributed by atoms with Gasteiger partial charge in [0.05, 0.1) is 4.43 Å². The van der Waals surface area contributed by atoms with Gasteiger partial charge in [0, 0.05) is 10.2 Å². The van der Waals surface area contributed by atoms with E-state index in [9.17, 15) is 4.79 Å². The highest BCUT2D eigenvalue weighted by Crippen LogP contribution is 2.13. The largest absolute Gasteiger partial charge is 0.325 e. The zero-order valence-electron chi connectivity index (χ0n) is 6.18. The van der Waals surface area contributed by atoms with Gasteiger partial charge < -0.3 is 5.32 Å². The molecule has 64 valence electrons. The van der Waals surface area contributed by atoms with Gasteiger partial charge in [-0.1, -0.05) is 38.5 Å². The first-order valence-corrected chi connectivity index (χ1v) is 5.65. The number of rotatable bonds is 2. The maximum absolute atomic E-state index is 10.9. The van der Waals surface area contributed by atoms with Crippen molar-refractivity contribution >= 4 is 50.1 Å². The SMILES string of the molecule is O=C(CI)Nc1ccc(Br)cc1. The molecule has 0 atom stereocenters. The maximum atomic E-state index is 10.9. The van der Waals surface area contributed by atoms with E-state index in [0.717, 1.165) is 10.2 Å². The molecule has 1 aromatic rings. The summed E-state index contributed by atoms with van der Waals surface area (Å²) in [5, 5.41) is 2.75. The van der Waals surface area contributed by atoms with Gasteiger partial charge in [0.15, 0.2) is 0 Å². The summed E-state index contributed by atoms with van der Waals surface area (Å²) in [5.41, 5.74) is 0.833. The smallest absolute Gasteiger partial charge is 0.234 e. The minimum Gasteiger partial charge on any atom is -0.325 e. The van der Waals surface area contributed by atoms with Gasteiger partial charge in [0.2, 0.25) is 5.91 Å². The van der Waals surface area contributed by atoms with Crippen molar-refractivity contribution in [3.8, 4) is 0 Å². The van der Waals surface area contributed by atoms with Crippen LogP contribution in [0.4, 0.5) is 5.69 Å². The summed E-state index contributed by atoms with van der Waals surface area (Å²) >= 11 is 5.34. The van der Waals surface area contributed by atoms with E-state index in [0.29, 0.717) is 4.43 Å². The number of anilines is 1. The highest BCUT2D eigenvalue weighted by molar-refractivity contribution is 14.1. The molecule has 0 aliphatic heterocycles. The molecule has 1 aromatic carbocycles. The van der Waals surface area contributed by atoms with E-state index >= 15 is 0 Å². The molecule has 0 unspecified atom stereocenters. The van der Waals surface area contributed by atoms with Crippen LogP contribution < -0.4 is 5.32 Å². The molecule has 2 nitrogen and oxygen atoms in total. The summed E-state index contributed by atoms with van der Waals surface area (Å²) in [4.78, 5) is 10.9. The van der Waals surface area contributed by atoms with Gasteiger partial charge >= 0.3 is 0 Å². The Morgan fingerprint density at radius 2 is 2.00 bits per heavy atom. The molecule has 0 bridgehead atoms. The van der Waals surface area contributed by atoms with Crippen molar-refractivity contribution < 1.29 is 4.79 Å². The van der Waals surface area contributed by atoms with Crippen LogP contribution in [0.1, 0.15) is 0 Å². The Hall–Kier alpha value is -0.100. The number of hydrogen-bond donors (Lipinski definition) is 1. The summed E-state index contributed by atoms with van der Waals surface area (Å²) in [6, 6.07) is 7.49. The Labute approximate surface area is 93.0 Å². The average Bonchev–Trinajstić information content (AvgIpc) is 2.09. The Morgan fingerprint density at radius 1 is 1.42 bits per heavy atom. The summed E-state index contributed by atoms with van der Waals surface area (Å²) in [7, 11) is 0. The van der Waals surface area contributed by atoms with E-state index in [1.54, 1.807) is 0 Å². The van der Waals surface area contributed by atoms with Crippen molar-refractivity contribution in [3.63, 3.8) is 0 Å². The second-order valence-corrected chi connectivity index (χ2v) is 3.87. The van der Waals surface area contributed by atoms with Gasteiger partial charge in [-0.15, -0.1) is 0 Å². The number of nitrogens with one attached hydrogen (secondary N) is 1. The van der Waals surface area contributed by atoms with Crippen LogP contribution in [-0.4, -0.2) is 10.3 Å². The summed E-state index contributed by atoms with van der Waals surface area (Å²) in [6.45, 7) is 0. The average molecular weight is 340 g/mol. The van der Waals surface area contributed by atoms with Gasteiger partial charge in [-0.25, -0.2) is 0 Å². The van der Waals surface area contributed by atoms with Crippen molar-refractivity contribution in [2.45, 2.75) is 0 Å². The lowest BCUT2D eigenvalue weighted by Crippen LogP contribution is -2.11. The molecule has 0 spiro atoms. The van der Waals surface area contributed by atoms with Crippen molar-refractivity contribution in [1.29, 1.82) is 0 Å². The highest BCUT2D eigenvalue weighted by atomic mass is 127. The minimum atomic E-state index is 0.0259. The first-order chi connectivity index (χ1) is 5.72. The molecule has 12 heavy (non-hydrogen) atoms. The Bertz CT molecular complexity index is 273. The van der Waals surface area contributed by atoms with E-state index in [2.05, 4.69) is 21.2 Å². The predicted octanol–water partition coefficient (Wildman–Crippen LogP) is 2.82. The molecule has 1 rings (SSSR count). The number of hydrogen-bond acceptors (Lipinski definition) is 1. The third-order valence-corrected chi connectivity index (χ3v) is 2.47. The van der Waals surface area contributed by atoms with Crippen LogP contribution in [0.2, 0.25) is 0 Å². The molecule has 0 aliphatic rings. The molecule has 0 saturated heterocycles. The fourth-order valence-electron chi connectivity index (χ4n) is 0.728. The van der Waals surface area contributed by atoms with Crippen molar-refractivity contribution in [1.82, 2.24) is 0 Å². The second kappa shape index (κ2) is 4.81. The van der Waals surface area contributed by atoms with Gasteiger partial charge in [-0.05, 0) is 24.3 Å². The summed E-state index contributed by atoms with van der Waals surface area (Å²) < 4.78 is 1.49. The monoisotopic (exact) mass is 339 g/mol. The second-order valence-electron chi connectivity index (χ2n) is 2.19. The van der Waals surface area contributed by atoms with E-state index in [1.165, 1.54) is 0 Å². The first-order valence-electron chi connectivity index (χ1n) is 3.34. The fourth-order valence-corrected chi connectivity index (χ4v) is 1.18. The molecule has 0 radical (unpaired) electrons. The molecule has 0 aliphatic carbocycles. The molecule has 0 fully saturated rings. The van der Waals surface area contributed by atoms with E-state index in [1.807, 2.05) is 46.9 Å². The molecule has 1 N–H and O–H groups in total. The van der Waals surface area contributed by atoms with Crippen molar-refractivity contribution in [2.75, 3.05) is 9.74 Å². The van der Waals surface area contributed by atoms with E-state index in [4.69, 9.17) is 0 Å². The first kappa shape index (κ1) is 9.98. The number of benzene rings is 1. The molecule has 0 heterocycles. The topological polar surface area (TPSA) is 29.1 Å². The molecular weight excluding hydrogens is 333 g/mol. The van der Waals surface area contributed by atoms with Crippen LogP contribution in [0.25, 0.3) is 0 Å². The minimum absolute atomic E-state index is 0.0259. The van der Waals surface area contributed by atoms with Crippen molar-refractivity contribution in [3.05, 3.63) is 28.7 Å². The quantitative estimate of drug-likeness (QED) is 0.651. The van der Waals surface area contributed by atoms with Crippen LogP contribution in [0.3, 0.4) is 0 Å². The van der Waals surface area contributed by atoms with Crippen LogP contribution in [0, 0.1) is 0 Å². The van der Waals surface area contributed by atoms with Gasteiger partial charge in [-0.3, -0.25) is 4.79 Å². The van der Waals surface area contributed by atoms with Gasteiger partial charge in [0.1, 0.15) is 0 Å².